The number of hydrogen-bond acceptors (Lipinski definition) is 11. The molecule has 0 spiro atoms. The van der Waals surface area contributed by atoms with Crippen LogP contribution in [-0.4, -0.2) is 81.2 Å². The smallest absolute Gasteiger partial charge is 0.217 e. The number of rotatable bonds is 27. The lowest BCUT2D eigenvalue weighted by Crippen LogP contribution is -2.68. The Hall–Kier alpha value is -6.16. The van der Waals surface area contributed by atoms with Crippen molar-refractivity contribution < 1.29 is 52.1 Å². The highest BCUT2D eigenvalue weighted by Crippen LogP contribution is 2.40. The Balaban J connectivity index is 1.09. The molecule has 0 aromatic heterocycles. The van der Waals surface area contributed by atoms with Gasteiger partial charge in [-0.1, -0.05) is 219 Å². The average molecular weight is 1010 g/mol. The van der Waals surface area contributed by atoms with Crippen molar-refractivity contribution in [3.8, 4) is 0 Å². The van der Waals surface area contributed by atoms with Crippen LogP contribution in [0, 0.1) is 0 Å². The van der Waals surface area contributed by atoms with Crippen LogP contribution < -0.4 is 0 Å². The van der Waals surface area contributed by atoms with Gasteiger partial charge in [0.15, 0.2) is 6.29 Å². The summed E-state index contributed by atoms with van der Waals surface area (Å²) in [4.78, 5) is 0. The summed E-state index contributed by atoms with van der Waals surface area (Å²) >= 11 is 0. The molecule has 7 aromatic carbocycles. The van der Waals surface area contributed by atoms with Crippen molar-refractivity contribution in [1.29, 1.82) is 0 Å². The second kappa shape index (κ2) is 28.1. The third kappa shape index (κ3) is 15.0. The molecule has 2 aliphatic rings. The molecular weight excluding hydrogens is 945 g/mol. The molecule has 11 heteroatoms. The van der Waals surface area contributed by atoms with E-state index >= 15 is 0 Å². The number of ether oxygens (including phenoxy) is 11. The quantitative estimate of drug-likeness (QED) is 0.0460. The third-order valence-electron chi connectivity index (χ3n) is 13.4. The summed E-state index contributed by atoms with van der Waals surface area (Å²) in [7, 11) is 1.61. The highest BCUT2D eigenvalue weighted by Gasteiger charge is 2.58. The summed E-state index contributed by atoms with van der Waals surface area (Å²) in [5.74, 6) is -1.68. The fourth-order valence-electron chi connectivity index (χ4n) is 9.49. The normalized spacial score (nSPS) is 24.6. The molecule has 0 aliphatic carbocycles. The van der Waals surface area contributed by atoms with Gasteiger partial charge in [-0.05, 0) is 45.0 Å². The molecule has 0 saturated carbocycles. The van der Waals surface area contributed by atoms with Gasteiger partial charge in [0.25, 0.3) is 0 Å². The molecule has 2 saturated heterocycles. The lowest BCUT2D eigenvalue weighted by Gasteiger charge is -2.52. The van der Waals surface area contributed by atoms with Crippen LogP contribution in [0.1, 0.15) is 38.9 Å². The van der Waals surface area contributed by atoms with Crippen LogP contribution in [-0.2, 0) is 98.4 Å². The molecule has 10 atom stereocenters. The van der Waals surface area contributed by atoms with E-state index in [2.05, 4.69) is 6.58 Å². The summed E-state index contributed by atoms with van der Waals surface area (Å²) < 4.78 is 76.1. The minimum Gasteiger partial charge on any atom is -0.374 e. The minimum atomic E-state index is -1.68. The second-order valence-electron chi connectivity index (χ2n) is 18.7. The molecular formula is C64H68O11. The standard InChI is InChI=1S/C64H68O11/c1-3-64(73-47-55-57(67-40-49-27-13-5-14-28-49)59(69-42-51-31-17-7-18-32-51)61(63(65-2)74-55)71-44-53-35-21-9-22-36-53)62(72-45-54-37-23-10-24-38-54)60(70-43-52-33-19-8-20-34-52)58(68-41-50-29-15-6-16-30-50)56(75-64)46-66-39-48-25-11-4-12-26-48/h3-38,55-63H,1,39-47H2,2H3/t55?,56?,57-,58+,59+,60+,61?,62?,63+,64+/m1/s1. The monoisotopic (exact) mass is 1010 g/mol. The molecule has 9 rings (SSSR count). The largest absolute Gasteiger partial charge is 0.374 e. The second-order valence-corrected chi connectivity index (χ2v) is 18.7. The van der Waals surface area contributed by atoms with E-state index in [1.54, 1.807) is 13.2 Å². The molecule has 2 heterocycles. The van der Waals surface area contributed by atoms with Gasteiger partial charge in [-0.25, -0.2) is 0 Å². The summed E-state index contributed by atoms with van der Waals surface area (Å²) in [5, 5.41) is 0. The van der Waals surface area contributed by atoms with Gasteiger partial charge in [0.1, 0.15) is 48.8 Å². The molecule has 0 N–H and O–H groups in total. The van der Waals surface area contributed by atoms with Gasteiger partial charge in [-0.15, -0.1) is 0 Å². The molecule has 2 aliphatic heterocycles. The molecule has 0 radical (unpaired) electrons. The maximum atomic E-state index is 7.32. The maximum Gasteiger partial charge on any atom is 0.217 e. The average Bonchev–Trinajstić information content (AvgIpc) is 3.47. The van der Waals surface area contributed by atoms with Crippen LogP contribution in [0.4, 0.5) is 0 Å². The zero-order valence-electron chi connectivity index (χ0n) is 42.5. The number of methoxy groups -OCH3 is 1. The van der Waals surface area contributed by atoms with Crippen molar-refractivity contribution in [1.82, 2.24) is 0 Å². The zero-order chi connectivity index (χ0) is 51.3. The van der Waals surface area contributed by atoms with Crippen LogP contribution in [0.5, 0.6) is 0 Å². The van der Waals surface area contributed by atoms with Crippen molar-refractivity contribution in [3.63, 3.8) is 0 Å². The Morgan fingerprint density at radius 1 is 0.387 bits per heavy atom. The fraction of sp³-hybridized carbons (Fsp3) is 0.312. The molecule has 0 bridgehead atoms. The fourth-order valence-corrected chi connectivity index (χ4v) is 9.49. The van der Waals surface area contributed by atoms with E-state index in [4.69, 9.17) is 52.1 Å². The van der Waals surface area contributed by atoms with E-state index in [0.29, 0.717) is 6.61 Å². The van der Waals surface area contributed by atoms with E-state index in [9.17, 15) is 0 Å². The van der Waals surface area contributed by atoms with E-state index in [1.165, 1.54) is 0 Å². The Morgan fingerprint density at radius 2 is 0.720 bits per heavy atom. The zero-order valence-corrected chi connectivity index (χ0v) is 42.5. The van der Waals surface area contributed by atoms with E-state index in [-0.39, 0.29) is 52.9 Å². The summed E-state index contributed by atoms with van der Waals surface area (Å²) in [6.07, 6.45) is -5.46. The predicted molar refractivity (Wildman–Crippen MR) is 286 cm³/mol. The SMILES string of the molecule is C=C[C@]1(OCC2O[C@H](OC)C(OCc3ccccc3)[C@@H](OCc3ccccc3)[C@@H]2OCc2ccccc2)OC(COCc2ccccc2)[C@H](OCc2ccccc2)[C@H](OCc2ccccc2)C1OCc1ccccc1. The molecule has 0 amide bonds. The summed E-state index contributed by atoms with van der Waals surface area (Å²) in [5.41, 5.74) is 6.87. The van der Waals surface area contributed by atoms with Crippen LogP contribution in [0.3, 0.4) is 0 Å². The maximum absolute atomic E-state index is 7.32. The van der Waals surface area contributed by atoms with Gasteiger partial charge in [0, 0.05) is 7.11 Å². The lowest BCUT2D eigenvalue weighted by atomic mass is 9.91. The van der Waals surface area contributed by atoms with Gasteiger partial charge in [-0.3, -0.25) is 0 Å². The number of hydrogen-bond donors (Lipinski definition) is 0. The van der Waals surface area contributed by atoms with Gasteiger partial charge >= 0.3 is 0 Å². The van der Waals surface area contributed by atoms with Crippen LogP contribution >= 0.6 is 0 Å². The first-order valence-electron chi connectivity index (χ1n) is 25.8. The minimum absolute atomic E-state index is 0.0916. The van der Waals surface area contributed by atoms with Gasteiger partial charge < -0.3 is 52.1 Å². The molecule has 75 heavy (non-hydrogen) atoms. The molecule has 2 fully saturated rings. The first-order valence-corrected chi connectivity index (χ1v) is 25.8. The Bertz CT molecular complexity index is 2670. The Morgan fingerprint density at radius 3 is 1.11 bits per heavy atom. The molecule has 7 aromatic rings. The first-order chi connectivity index (χ1) is 37.1. The Kier molecular flexibility index (Phi) is 20.1. The third-order valence-corrected chi connectivity index (χ3v) is 13.4. The summed E-state index contributed by atoms with van der Waals surface area (Å²) in [6.45, 7) is 6.31. The van der Waals surface area contributed by atoms with E-state index in [0.717, 1.165) is 38.9 Å². The molecule has 390 valence electrons. The van der Waals surface area contributed by atoms with Crippen molar-refractivity contribution in [3.05, 3.63) is 264 Å². The topological polar surface area (TPSA) is 102 Å². The number of benzene rings is 7. The van der Waals surface area contributed by atoms with Crippen molar-refractivity contribution in [2.75, 3.05) is 20.3 Å². The molecule has 11 nitrogen and oxygen atoms in total. The van der Waals surface area contributed by atoms with Gasteiger partial charge in [0.2, 0.25) is 5.79 Å². The van der Waals surface area contributed by atoms with Crippen LogP contribution in [0.25, 0.3) is 0 Å². The lowest BCUT2D eigenvalue weighted by molar-refractivity contribution is -0.377. The highest BCUT2D eigenvalue weighted by atomic mass is 16.8. The van der Waals surface area contributed by atoms with Gasteiger partial charge in [0.05, 0.1) is 59.5 Å². The summed E-state index contributed by atoms with van der Waals surface area (Å²) in [6, 6.07) is 70.2. The van der Waals surface area contributed by atoms with Crippen molar-refractivity contribution in [2.45, 2.75) is 107 Å². The first kappa shape index (κ1) is 53.7. The van der Waals surface area contributed by atoms with E-state index in [1.807, 2.05) is 212 Å². The predicted octanol–water partition coefficient (Wildman–Crippen LogP) is 11.4. The molecule has 4 unspecified atom stereocenters. The van der Waals surface area contributed by atoms with Gasteiger partial charge in [-0.2, -0.15) is 0 Å². The van der Waals surface area contributed by atoms with Crippen molar-refractivity contribution in [2.24, 2.45) is 0 Å². The van der Waals surface area contributed by atoms with Crippen molar-refractivity contribution >= 4 is 0 Å². The van der Waals surface area contributed by atoms with E-state index < -0.39 is 60.9 Å². The Labute approximate surface area is 441 Å². The van der Waals surface area contributed by atoms with Crippen LogP contribution in [0.15, 0.2) is 225 Å². The van der Waals surface area contributed by atoms with Crippen LogP contribution in [0.2, 0.25) is 0 Å². The highest BCUT2D eigenvalue weighted by molar-refractivity contribution is 5.20.